The van der Waals surface area contributed by atoms with E-state index in [9.17, 15) is 19.8 Å². The number of rotatable bonds is 3. The van der Waals surface area contributed by atoms with Gasteiger partial charge in [-0.2, -0.15) is 0 Å². The van der Waals surface area contributed by atoms with Gasteiger partial charge in [0, 0.05) is 0 Å². The Morgan fingerprint density at radius 1 is 0.857 bits per heavy atom. The molecule has 28 heavy (non-hydrogen) atoms. The van der Waals surface area contributed by atoms with E-state index in [0.717, 1.165) is 5.56 Å². The molecule has 2 aromatic carbocycles. The van der Waals surface area contributed by atoms with Crippen LogP contribution in [-0.4, -0.2) is 41.5 Å². The summed E-state index contributed by atoms with van der Waals surface area (Å²) in [4.78, 5) is 30.4. The number of ketones is 2. The Labute approximate surface area is 169 Å². The molecule has 0 aliphatic heterocycles. The molecule has 0 fully saturated rings. The zero-order chi connectivity index (χ0) is 20.0. The van der Waals surface area contributed by atoms with Crippen molar-refractivity contribution in [3.63, 3.8) is 0 Å². The summed E-state index contributed by atoms with van der Waals surface area (Å²) >= 11 is -1.53. The monoisotopic (exact) mass is 482 g/mol. The molecule has 1 aromatic heterocycles. The molecule has 0 atom stereocenters. The summed E-state index contributed by atoms with van der Waals surface area (Å²) in [6.45, 7) is 0.475. The van der Waals surface area contributed by atoms with Gasteiger partial charge in [0.15, 0.2) is 0 Å². The molecule has 0 saturated heterocycles. The average molecular weight is 481 g/mol. The quantitative estimate of drug-likeness (QED) is 0.347. The number of pyridine rings is 1. The Hall–Kier alpha value is -2.67. The van der Waals surface area contributed by atoms with E-state index in [0.29, 0.717) is 6.54 Å². The van der Waals surface area contributed by atoms with Crippen LogP contribution in [0.2, 0.25) is 9.88 Å². The number of carbonyl (C=O) groups is 2. The summed E-state index contributed by atoms with van der Waals surface area (Å²) in [7, 11) is 0. The van der Waals surface area contributed by atoms with E-state index < -0.39 is 25.5 Å². The Morgan fingerprint density at radius 3 is 2.21 bits per heavy atom. The van der Waals surface area contributed by atoms with Gasteiger partial charge >= 0.3 is 159 Å². The van der Waals surface area contributed by atoms with Crippen molar-refractivity contribution in [3.05, 3.63) is 82.7 Å². The normalized spacial score (nSPS) is 12.8. The van der Waals surface area contributed by atoms with Crippen LogP contribution < -0.4 is 8.15 Å². The summed E-state index contributed by atoms with van der Waals surface area (Å²) in [5.41, 5.74) is 0.973. The SMILES string of the molecule is [CH3][SnH]([CH3])[c]1cc[n+](Cc2cc(O)c3c(c2)C(=O)c2cccc(O)c2C3=O)cc1. The summed E-state index contributed by atoms with van der Waals surface area (Å²) in [6, 6.07) is 11.8. The number of benzene rings is 2. The van der Waals surface area contributed by atoms with E-state index in [4.69, 9.17) is 0 Å². The number of aromatic nitrogens is 1. The topological polar surface area (TPSA) is 78.5 Å². The molecule has 1 heterocycles. The molecule has 0 saturated carbocycles. The Bertz CT molecular complexity index is 1120. The zero-order valence-corrected chi connectivity index (χ0v) is 18.9. The second-order valence-electron chi connectivity index (χ2n) is 7.35. The first-order valence-corrected chi connectivity index (χ1v) is 17.4. The van der Waals surface area contributed by atoms with Gasteiger partial charge in [0.1, 0.15) is 0 Å². The minimum absolute atomic E-state index is 0.0445. The third-order valence-corrected chi connectivity index (χ3v) is 10.0. The van der Waals surface area contributed by atoms with E-state index >= 15 is 0 Å². The fourth-order valence-electron chi connectivity index (χ4n) is 3.60. The average Bonchev–Trinajstić information content (AvgIpc) is 2.66. The molecule has 0 bridgehead atoms. The molecule has 4 rings (SSSR count). The first-order chi connectivity index (χ1) is 13.4. The van der Waals surface area contributed by atoms with E-state index in [1.54, 1.807) is 6.07 Å². The standard InChI is InChI=1S/C20H12NO4.2CH3.Sn.H/c22-15-6-4-5-13-17(15)20(25)18-14(19(13)24)9-12(10-16(18)23)11-21-7-2-1-3-8-21;;;;/h2-10H,11H2,(H-,22,23,25);2*1H3;;/p+1. The summed E-state index contributed by atoms with van der Waals surface area (Å²) in [5.74, 6) is -1.40. The van der Waals surface area contributed by atoms with Crippen LogP contribution in [0.1, 0.15) is 37.4 Å². The van der Waals surface area contributed by atoms with E-state index in [-0.39, 0.29) is 39.5 Å². The van der Waals surface area contributed by atoms with Gasteiger partial charge < -0.3 is 5.11 Å². The van der Waals surface area contributed by atoms with E-state index in [1.165, 1.54) is 27.8 Å². The van der Waals surface area contributed by atoms with Gasteiger partial charge in [-0.05, 0) is 6.07 Å². The van der Waals surface area contributed by atoms with Gasteiger partial charge in [-0.25, -0.2) is 0 Å². The number of carbonyl (C=O) groups excluding carboxylic acids is 2. The third-order valence-electron chi connectivity index (χ3n) is 5.11. The first kappa shape index (κ1) is 18.7. The van der Waals surface area contributed by atoms with Crippen LogP contribution in [0.3, 0.4) is 0 Å². The predicted octanol–water partition coefficient (Wildman–Crippen LogP) is 1.90. The molecule has 0 amide bonds. The molecule has 0 radical (unpaired) electrons. The molecule has 5 nitrogen and oxygen atoms in total. The van der Waals surface area contributed by atoms with Crippen molar-refractivity contribution in [2.75, 3.05) is 0 Å². The Balaban J connectivity index is 1.75. The van der Waals surface area contributed by atoms with Gasteiger partial charge in [0.2, 0.25) is 0 Å². The molecule has 3 aromatic rings. The van der Waals surface area contributed by atoms with Crippen LogP contribution in [-0.2, 0) is 6.54 Å². The molecule has 140 valence electrons. The number of phenols is 2. The third kappa shape index (κ3) is 3.09. The molecule has 1 aliphatic carbocycles. The molecule has 2 N–H and O–H groups in total. The van der Waals surface area contributed by atoms with Gasteiger partial charge in [-0.1, -0.05) is 0 Å². The zero-order valence-electron chi connectivity index (χ0n) is 15.6. The Kier molecular flexibility index (Phi) is 4.71. The molecular weight excluding hydrogens is 461 g/mol. The number of fused-ring (bicyclic) bond motifs is 2. The van der Waals surface area contributed by atoms with Crippen LogP contribution in [0.4, 0.5) is 0 Å². The van der Waals surface area contributed by atoms with E-state index in [2.05, 4.69) is 22.0 Å². The van der Waals surface area contributed by atoms with Crippen molar-refractivity contribution in [2.24, 2.45) is 0 Å². The van der Waals surface area contributed by atoms with Crippen molar-refractivity contribution in [1.29, 1.82) is 0 Å². The number of aromatic hydroxyl groups is 2. The number of hydrogen-bond acceptors (Lipinski definition) is 4. The molecular formula is C22H20NO4Sn+. The maximum atomic E-state index is 12.9. The molecule has 0 unspecified atom stereocenters. The molecule has 0 spiro atoms. The summed E-state index contributed by atoms with van der Waals surface area (Å²) in [5, 5.41) is 20.5. The maximum absolute atomic E-state index is 12.9. The summed E-state index contributed by atoms with van der Waals surface area (Å²) < 4.78 is 3.41. The second kappa shape index (κ2) is 7.05. The van der Waals surface area contributed by atoms with Crippen LogP contribution in [0.25, 0.3) is 0 Å². The Morgan fingerprint density at radius 2 is 1.54 bits per heavy atom. The fraction of sp³-hybridized carbons (Fsp3) is 0.136. The number of nitrogens with zero attached hydrogens (tertiary/aromatic N) is 1. The summed E-state index contributed by atoms with van der Waals surface area (Å²) in [6.07, 6.45) is 4.01. The number of hydrogen-bond donors (Lipinski definition) is 2. The minimum atomic E-state index is -1.53. The van der Waals surface area contributed by atoms with Gasteiger partial charge in [0.05, 0.1) is 0 Å². The van der Waals surface area contributed by atoms with Gasteiger partial charge in [0.25, 0.3) is 0 Å². The van der Waals surface area contributed by atoms with Crippen LogP contribution in [0, 0.1) is 0 Å². The van der Waals surface area contributed by atoms with Crippen LogP contribution >= 0.6 is 0 Å². The number of phenolic OH excluding ortho intramolecular Hbond substituents is 2. The van der Waals surface area contributed by atoms with Crippen molar-refractivity contribution in [3.8, 4) is 11.5 Å². The van der Waals surface area contributed by atoms with Gasteiger partial charge in [-0.15, -0.1) is 0 Å². The van der Waals surface area contributed by atoms with Crippen molar-refractivity contribution in [1.82, 2.24) is 0 Å². The molecule has 6 heteroatoms. The van der Waals surface area contributed by atoms with E-state index in [1.807, 2.05) is 17.0 Å². The van der Waals surface area contributed by atoms with Crippen LogP contribution in [0.5, 0.6) is 11.5 Å². The second-order valence-corrected chi connectivity index (χ2v) is 15.8. The predicted molar refractivity (Wildman–Crippen MR) is 107 cm³/mol. The first-order valence-electron chi connectivity index (χ1n) is 9.13. The van der Waals surface area contributed by atoms with Crippen molar-refractivity contribution >= 4 is 34.9 Å². The van der Waals surface area contributed by atoms with Crippen molar-refractivity contribution < 1.29 is 24.4 Å². The fourth-order valence-corrected chi connectivity index (χ4v) is 6.29. The van der Waals surface area contributed by atoms with Crippen LogP contribution in [0.15, 0.2) is 54.9 Å². The molecule has 1 aliphatic rings. The van der Waals surface area contributed by atoms with Crippen molar-refractivity contribution in [2.45, 2.75) is 16.4 Å². The van der Waals surface area contributed by atoms with Gasteiger partial charge in [-0.3, -0.25) is 0 Å².